The van der Waals surface area contributed by atoms with Crippen molar-refractivity contribution in [3.05, 3.63) is 41.1 Å². The van der Waals surface area contributed by atoms with Gasteiger partial charge in [-0.2, -0.15) is 4.98 Å². The van der Waals surface area contributed by atoms with Crippen molar-refractivity contribution < 1.29 is 9.59 Å². The standard InChI is InChI=1S/C18H22N6O2/c1-10-6-11(2)8-12(7-10)22-17-13(15(19)25)9-21-18(23-17)24-5-3-4-14(24)16(20)26/h6-9,14H,3-5H2,1-2H3,(H2,19,25)(H2,20,26)(H,21,22,23). The van der Waals surface area contributed by atoms with Crippen molar-refractivity contribution in [2.24, 2.45) is 11.5 Å². The second-order valence-electron chi connectivity index (χ2n) is 6.55. The van der Waals surface area contributed by atoms with Crippen molar-refractivity contribution in [3.63, 3.8) is 0 Å². The van der Waals surface area contributed by atoms with E-state index in [1.165, 1.54) is 6.20 Å². The van der Waals surface area contributed by atoms with Crippen LogP contribution in [0.1, 0.15) is 34.3 Å². The van der Waals surface area contributed by atoms with Gasteiger partial charge in [0, 0.05) is 18.4 Å². The number of nitrogens with one attached hydrogen (secondary N) is 1. The highest BCUT2D eigenvalue weighted by atomic mass is 16.1. The monoisotopic (exact) mass is 354 g/mol. The summed E-state index contributed by atoms with van der Waals surface area (Å²) in [6, 6.07) is 5.50. The highest BCUT2D eigenvalue weighted by Gasteiger charge is 2.31. The molecule has 8 nitrogen and oxygen atoms in total. The molecule has 8 heteroatoms. The number of hydrogen-bond donors (Lipinski definition) is 3. The average molecular weight is 354 g/mol. The first-order chi connectivity index (χ1) is 12.3. The number of benzene rings is 1. The van der Waals surface area contributed by atoms with Gasteiger partial charge in [-0.25, -0.2) is 4.98 Å². The third-order valence-electron chi connectivity index (χ3n) is 4.36. The first-order valence-corrected chi connectivity index (χ1v) is 8.43. The van der Waals surface area contributed by atoms with Crippen molar-refractivity contribution in [2.75, 3.05) is 16.8 Å². The van der Waals surface area contributed by atoms with Gasteiger partial charge in [0.2, 0.25) is 11.9 Å². The van der Waals surface area contributed by atoms with Gasteiger partial charge in [-0.1, -0.05) is 6.07 Å². The second kappa shape index (κ2) is 6.99. The maximum atomic E-state index is 11.8. The van der Waals surface area contributed by atoms with E-state index in [9.17, 15) is 9.59 Å². The van der Waals surface area contributed by atoms with E-state index in [1.54, 1.807) is 4.90 Å². The molecule has 1 aromatic heterocycles. The molecule has 0 bridgehead atoms. The number of nitrogens with zero attached hydrogens (tertiary/aromatic N) is 3. The van der Waals surface area contributed by atoms with Crippen LogP contribution >= 0.6 is 0 Å². The second-order valence-corrected chi connectivity index (χ2v) is 6.55. The zero-order valence-electron chi connectivity index (χ0n) is 14.8. The van der Waals surface area contributed by atoms with Crippen LogP contribution in [0.3, 0.4) is 0 Å². The highest BCUT2D eigenvalue weighted by Crippen LogP contribution is 2.26. The summed E-state index contributed by atoms with van der Waals surface area (Å²) in [6.45, 7) is 4.60. The lowest BCUT2D eigenvalue weighted by atomic mass is 10.1. The molecule has 1 aliphatic heterocycles. The molecule has 136 valence electrons. The fourth-order valence-corrected chi connectivity index (χ4v) is 3.27. The molecule has 5 N–H and O–H groups in total. The van der Waals surface area contributed by atoms with E-state index < -0.39 is 17.9 Å². The minimum atomic E-state index is -0.628. The van der Waals surface area contributed by atoms with E-state index in [0.29, 0.717) is 24.7 Å². The fraction of sp³-hybridized carbons (Fsp3) is 0.333. The zero-order valence-corrected chi connectivity index (χ0v) is 14.8. The van der Waals surface area contributed by atoms with Gasteiger partial charge in [-0.3, -0.25) is 9.59 Å². The molecule has 1 aliphatic rings. The summed E-state index contributed by atoms with van der Waals surface area (Å²) in [4.78, 5) is 33.9. The van der Waals surface area contributed by atoms with Crippen molar-refractivity contribution in [2.45, 2.75) is 32.7 Å². The molecule has 2 heterocycles. The topological polar surface area (TPSA) is 127 Å². The predicted molar refractivity (Wildman–Crippen MR) is 99.3 cm³/mol. The number of carbonyl (C=O) groups is 2. The molecule has 0 spiro atoms. The first-order valence-electron chi connectivity index (χ1n) is 8.43. The van der Waals surface area contributed by atoms with Crippen LogP contribution < -0.4 is 21.7 Å². The number of aryl methyl sites for hydroxylation is 2. The minimum Gasteiger partial charge on any atom is -0.368 e. The number of rotatable bonds is 5. The summed E-state index contributed by atoms with van der Waals surface area (Å²) in [6.07, 6.45) is 2.87. The molecule has 1 unspecified atom stereocenters. The van der Waals surface area contributed by atoms with E-state index in [1.807, 2.05) is 32.0 Å². The molecule has 1 saturated heterocycles. The Bertz CT molecular complexity index is 847. The van der Waals surface area contributed by atoms with E-state index in [0.717, 1.165) is 23.2 Å². The largest absolute Gasteiger partial charge is 0.368 e. The summed E-state index contributed by atoms with van der Waals surface area (Å²) in [5.41, 5.74) is 14.1. The summed E-state index contributed by atoms with van der Waals surface area (Å²) in [5, 5.41) is 3.15. The lowest BCUT2D eigenvalue weighted by molar-refractivity contribution is -0.119. The van der Waals surface area contributed by atoms with Crippen molar-refractivity contribution in [1.29, 1.82) is 0 Å². The van der Waals surface area contributed by atoms with Crippen LogP contribution in [-0.4, -0.2) is 34.4 Å². The number of anilines is 3. The van der Waals surface area contributed by atoms with Gasteiger partial charge in [-0.05, 0) is 49.9 Å². The van der Waals surface area contributed by atoms with Gasteiger partial charge in [0.15, 0.2) is 0 Å². The highest BCUT2D eigenvalue weighted by molar-refractivity contribution is 5.98. The molecular weight excluding hydrogens is 332 g/mol. The normalized spacial score (nSPS) is 16.5. The molecule has 3 rings (SSSR count). The van der Waals surface area contributed by atoms with Gasteiger partial charge >= 0.3 is 0 Å². The quantitative estimate of drug-likeness (QED) is 0.744. The van der Waals surface area contributed by atoms with Gasteiger partial charge in [0.1, 0.15) is 17.4 Å². The Morgan fingerprint density at radius 1 is 1.19 bits per heavy atom. The van der Waals surface area contributed by atoms with Crippen molar-refractivity contribution in [1.82, 2.24) is 9.97 Å². The molecule has 1 atom stereocenters. The van der Waals surface area contributed by atoms with E-state index in [4.69, 9.17) is 11.5 Å². The third-order valence-corrected chi connectivity index (χ3v) is 4.36. The molecule has 2 aromatic rings. The lowest BCUT2D eigenvalue weighted by Gasteiger charge is -2.23. The molecule has 26 heavy (non-hydrogen) atoms. The van der Waals surface area contributed by atoms with Crippen molar-refractivity contribution in [3.8, 4) is 0 Å². The number of hydrogen-bond acceptors (Lipinski definition) is 6. The van der Waals surface area contributed by atoms with Gasteiger partial charge < -0.3 is 21.7 Å². The zero-order chi connectivity index (χ0) is 18.8. The molecule has 0 radical (unpaired) electrons. The van der Waals surface area contributed by atoms with E-state index in [-0.39, 0.29) is 5.56 Å². The number of carbonyl (C=O) groups excluding carboxylic acids is 2. The maximum absolute atomic E-state index is 11.8. The third kappa shape index (κ3) is 3.58. The SMILES string of the molecule is Cc1cc(C)cc(Nc2nc(N3CCCC3C(N)=O)ncc2C(N)=O)c1. The number of aromatic nitrogens is 2. The molecule has 1 aromatic carbocycles. The smallest absolute Gasteiger partial charge is 0.254 e. The van der Waals surface area contributed by atoms with Gasteiger partial charge in [-0.15, -0.1) is 0 Å². The van der Waals surface area contributed by atoms with Crippen LogP contribution in [0.4, 0.5) is 17.5 Å². The number of nitrogens with two attached hydrogens (primary N) is 2. The van der Waals surface area contributed by atoms with Crippen LogP contribution in [0, 0.1) is 13.8 Å². The summed E-state index contributed by atoms with van der Waals surface area (Å²) >= 11 is 0. The summed E-state index contributed by atoms with van der Waals surface area (Å²) in [5.74, 6) is -0.379. The Morgan fingerprint density at radius 3 is 2.50 bits per heavy atom. The minimum absolute atomic E-state index is 0.183. The molecule has 0 saturated carbocycles. The summed E-state index contributed by atoms with van der Waals surface area (Å²) in [7, 11) is 0. The van der Waals surface area contributed by atoms with Crippen LogP contribution in [0.5, 0.6) is 0 Å². The van der Waals surface area contributed by atoms with Crippen LogP contribution in [0.25, 0.3) is 0 Å². The predicted octanol–water partition coefficient (Wildman–Crippen LogP) is 1.39. The van der Waals surface area contributed by atoms with Crippen LogP contribution in [-0.2, 0) is 4.79 Å². The van der Waals surface area contributed by atoms with Gasteiger partial charge in [0.05, 0.1) is 0 Å². The number of primary amides is 2. The molecule has 0 aliphatic carbocycles. The van der Waals surface area contributed by atoms with Gasteiger partial charge in [0.25, 0.3) is 5.91 Å². The Balaban J connectivity index is 1.99. The Morgan fingerprint density at radius 2 is 1.88 bits per heavy atom. The Hall–Kier alpha value is -3.16. The van der Waals surface area contributed by atoms with Crippen LogP contribution in [0.15, 0.2) is 24.4 Å². The Kier molecular flexibility index (Phi) is 4.75. The lowest BCUT2D eigenvalue weighted by Crippen LogP contribution is -2.41. The average Bonchev–Trinajstić information content (AvgIpc) is 3.03. The summed E-state index contributed by atoms with van der Waals surface area (Å²) < 4.78 is 0. The first kappa shape index (κ1) is 17.7. The van der Waals surface area contributed by atoms with E-state index in [2.05, 4.69) is 15.3 Å². The van der Waals surface area contributed by atoms with Crippen molar-refractivity contribution >= 4 is 29.3 Å². The van der Waals surface area contributed by atoms with E-state index >= 15 is 0 Å². The molecule has 1 fully saturated rings. The van der Waals surface area contributed by atoms with Crippen LogP contribution in [0.2, 0.25) is 0 Å². The number of amides is 2. The fourth-order valence-electron chi connectivity index (χ4n) is 3.27. The molecular formula is C18H22N6O2. The maximum Gasteiger partial charge on any atom is 0.254 e. The molecule has 2 amide bonds. The Labute approximate surface area is 151 Å².